The molecule has 0 unspecified atom stereocenters. The molecule has 0 aliphatic rings. The fraction of sp³-hybridized carbons (Fsp3) is 0.190. The second-order valence-corrected chi connectivity index (χ2v) is 6.98. The zero-order chi connectivity index (χ0) is 24.8. The van der Waals surface area contributed by atoms with Crippen molar-refractivity contribution in [3.8, 4) is 0 Å². The van der Waals surface area contributed by atoms with Crippen molar-refractivity contribution in [3.63, 3.8) is 0 Å². The van der Waals surface area contributed by atoms with Crippen molar-refractivity contribution < 1.29 is 38.1 Å². The van der Waals surface area contributed by atoms with Crippen molar-refractivity contribution in [1.82, 2.24) is 4.98 Å². The number of fused-ring (bicyclic) bond motifs is 2. The highest BCUT2D eigenvalue weighted by Gasteiger charge is 2.16. The summed E-state index contributed by atoms with van der Waals surface area (Å²) in [6.07, 6.45) is -3.89. The molecule has 178 valence electrons. The molecule has 1 heterocycles. The quantitative estimate of drug-likeness (QED) is 0.277. The second kappa shape index (κ2) is 10.2. The van der Waals surface area contributed by atoms with Crippen LogP contribution >= 0.6 is 0 Å². The Bertz CT molecular complexity index is 1100. The van der Waals surface area contributed by atoms with Crippen LogP contribution in [0.2, 0.25) is 0 Å². The van der Waals surface area contributed by atoms with Gasteiger partial charge in [-0.05, 0) is 17.2 Å². The van der Waals surface area contributed by atoms with E-state index in [9.17, 15) is 19.2 Å². The average Bonchev–Trinajstić information content (AvgIpc) is 2.77. The van der Waals surface area contributed by atoms with E-state index in [-0.39, 0.29) is 26.4 Å². The van der Waals surface area contributed by atoms with E-state index in [1.54, 1.807) is 30.3 Å². The summed E-state index contributed by atoms with van der Waals surface area (Å²) in [6, 6.07) is 8.28. The number of carbonyl (C=O) groups excluding carboxylic acids is 4. The highest BCUT2D eigenvalue weighted by atomic mass is 16.6. The highest BCUT2D eigenvalue weighted by molar-refractivity contribution is 5.98. The molecule has 0 saturated carbocycles. The Morgan fingerprint density at radius 2 is 0.853 bits per heavy atom. The zero-order valence-corrected chi connectivity index (χ0v) is 17.7. The Balaban J connectivity index is 2.26. The fourth-order valence-electron chi connectivity index (χ4n) is 3.31. The van der Waals surface area contributed by atoms with E-state index in [1.165, 1.54) is 0 Å². The normalized spacial score (nSPS) is 10.6. The number of benzene rings is 2. The number of pyridine rings is 1. The molecule has 34 heavy (non-hydrogen) atoms. The van der Waals surface area contributed by atoms with Gasteiger partial charge in [-0.15, -0.1) is 0 Å². The predicted molar refractivity (Wildman–Crippen MR) is 117 cm³/mol. The predicted octanol–water partition coefficient (Wildman–Crippen LogP) is 1.77. The molecule has 13 heteroatoms. The number of nitrogens with two attached hydrogens (primary N) is 4. The van der Waals surface area contributed by atoms with E-state index in [1.807, 2.05) is 0 Å². The molecule has 4 amide bonds. The summed E-state index contributed by atoms with van der Waals surface area (Å²) in [4.78, 5) is 49.3. The summed E-state index contributed by atoms with van der Waals surface area (Å²) in [5.41, 5.74) is 23.3. The second-order valence-electron chi connectivity index (χ2n) is 6.98. The molecule has 0 saturated heterocycles. The van der Waals surface area contributed by atoms with Gasteiger partial charge in [-0.2, -0.15) is 0 Å². The first-order valence-corrected chi connectivity index (χ1v) is 9.70. The summed E-state index contributed by atoms with van der Waals surface area (Å²) in [5.74, 6) is 0. The van der Waals surface area contributed by atoms with Crippen LogP contribution < -0.4 is 22.9 Å². The van der Waals surface area contributed by atoms with Crippen molar-refractivity contribution in [3.05, 3.63) is 52.6 Å². The lowest BCUT2D eigenvalue weighted by Crippen LogP contribution is -2.15. The molecule has 2 aromatic carbocycles. The summed E-state index contributed by atoms with van der Waals surface area (Å²) in [7, 11) is 0. The van der Waals surface area contributed by atoms with Crippen LogP contribution in [-0.2, 0) is 45.4 Å². The lowest BCUT2D eigenvalue weighted by atomic mass is 9.98. The Morgan fingerprint density at radius 3 is 1.18 bits per heavy atom. The van der Waals surface area contributed by atoms with Crippen LogP contribution in [0.15, 0.2) is 30.3 Å². The molecule has 0 fully saturated rings. The van der Waals surface area contributed by atoms with Crippen LogP contribution in [0, 0.1) is 0 Å². The first kappa shape index (κ1) is 23.8. The minimum absolute atomic E-state index is 0.159. The number of hydrogen-bond acceptors (Lipinski definition) is 9. The van der Waals surface area contributed by atoms with Crippen LogP contribution in [0.25, 0.3) is 21.8 Å². The highest BCUT2D eigenvalue weighted by Crippen LogP contribution is 2.31. The van der Waals surface area contributed by atoms with Crippen LogP contribution in [-0.4, -0.2) is 29.4 Å². The van der Waals surface area contributed by atoms with Gasteiger partial charge < -0.3 is 41.9 Å². The van der Waals surface area contributed by atoms with Gasteiger partial charge in [-0.25, -0.2) is 24.2 Å². The minimum atomic E-state index is -0.975. The van der Waals surface area contributed by atoms with E-state index in [0.717, 1.165) is 0 Å². The fourth-order valence-corrected chi connectivity index (χ4v) is 3.31. The van der Waals surface area contributed by atoms with Crippen molar-refractivity contribution in [2.75, 3.05) is 0 Å². The maximum Gasteiger partial charge on any atom is 0.404 e. The number of primary amides is 4. The van der Waals surface area contributed by atoms with E-state index in [0.29, 0.717) is 44.1 Å². The van der Waals surface area contributed by atoms with E-state index in [4.69, 9.17) is 46.9 Å². The van der Waals surface area contributed by atoms with Gasteiger partial charge in [0.15, 0.2) is 0 Å². The van der Waals surface area contributed by atoms with Gasteiger partial charge in [0.1, 0.15) is 26.4 Å². The summed E-state index contributed by atoms with van der Waals surface area (Å²) >= 11 is 0. The smallest absolute Gasteiger partial charge is 0.404 e. The van der Waals surface area contributed by atoms with Crippen LogP contribution in [0.5, 0.6) is 0 Å². The average molecular weight is 471 g/mol. The largest absolute Gasteiger partial charge is 0.445 e. The Hall–Kier alpha value is -4.81. The molecule has 13 nitrogen and oxygen atoms in total. The Labute approximate surface area is 191 Å². The summed E-state index contributed by atoms with van der Waals surface area (Å²) in [6.45, 7) is -0.682. The van der Waals surface area contributed by atoms with Crippen LogP contribution in [0.1, 0.15) is 22.3 Å². The lowest BCUT2D eigenvalue weighted by molar-refractivity contribution is 0.149. The third-order valence-corrected chi connectivity index (χ3v) is 4.77. The zero-order valence-electron chi connectivity index (χ0n) is 17.7. The van der Waals surface area contributed by atoms with Gasteiger partial charge in [-0.1, -0.05) is 24.3 Å². The van der Waals surface area contributed by atoms with E-state index in [2.05, 4.69) is 0 Å². The lowest BCUT2D eigenvalue weighted by Gasteiger charge is -2.15. The minimum Gasteiger partial charge on any atom is -0.445 e. The van der Waals surface area contributed by atoms with E-state index < -0.39 is 24.4 Å². The SMILES string of the molecule is NC(=O)OCc1ccc(COC(N)=O)c2nc3c(COC(N)=O)ccc(COC(N)=O)c3cc12. The summed E-state index contributed by atoms with van der Waals surface area (Å²) < 4.78 is 19.7. The van der Waals surface area contributed by atoms with Gasteiger partial charge in [-0.3, -0.25) is 0 Å². The third kappa shape index (κ3) is 5.70. The first-order valence-electron chi connectivity index (χ1n) is 9.70. The van der Waals surface area contributed by atoms with Crippen molar-refractivity contribution in [1.29, 1.82) is 0 Å². The molecule has 1 aromatic heterocycles. The molecule has 0 aliphatic heterocycles. The maximum atomic E-state index is 11.1. The van der Waals surface area contributed by atoms with Gasteiger partial charge in [0.25, 0.3) is 0 Å². The standard InChI is InChI=1S/C21H21N5O8/c22-18(27)31-6-10-1-3-12(8-33-20(24)29)16-14(10)5-15-11(7-32-19(23)28)2-4-13(17(15)26-16)9-34-21(25)30/h1-5H,6-9H2,(H2,22,27)(H2,23,28)(H2,24,29)(H2,25,30). The number of amides is 4. The van der Waals surface area contributed by atoms with E-state index >= 15 is 0 Å². The molecule has 0 bridgehead atoms. The number of hydrogen-bond donors (Lipinski definition) is 4. The van der Waals surface area contributed by atoms with Gasteiger partial charge >= 0.3 is 24.4 Å². The van der Waals surface area contributed by atoms with Crippen molar-refractivity contribution >= 4 is 46.2 Å². The molecule has 0 spiro atoms. The number of rotatable bonds is 8. The number of aromatic nitrogens is 1. The van der Waals surface area contributed by atoms with Gasteiger partial charge in [0.2, 0.25) is 0 Å². The molecule has 3 rings (SSSR count). The molecule has 8 N–H and O–H groups in total. The topological polar surface area (TPSA) is 222 Å². The Morgan fingerprint density at radius 1 is 0.559 bits per heavy atom. The third-order valence-electron chi connectivity index (χ3n) is 4.77. The molecular formula is C21H21N5O8. The van der Waals surface area contributed by atoms with Crippen LogP contribution in [0.3, 0.4) is 0 Å². The maximum absolute atomic E-state index is 11.1. The molecule has 0 aliphatic carbocycles. The molecule has 0 radical (unpaired) electrons. The monoisotopic (exact) mass is 471 g/mol. The van der Waals surface area contributed by atoms with Gasteiger partial charge in [0.05, 0.1) is 11.0 Å². The Kier molecular flexibility index (Phi) is 7.16. The molecule has 0 atom stereocenters. The number of ether oxygens (including phenoxy) is 4. The van der Waals surface area contributed by atoms with Crippen molar-refractivity contribution in [2.45, 2.75) is 26.4 Å². The molecule has 3 aromatic rings. The van der Waals surface area contributed by atoms with Crippen LogP contribution in [0.4, 0.5) is 19.2 Å². The summed E-state index contributed by atoms with van der Waals surface area (Å²) in [5, 5.41) is 1.07. The number of carbonyl (C=O) groups is 4. The first-order chi connectivity index (χ1) is 16.2. The molecular weight excluding hydrogens is 450 g/mol. The number of nitrogens with zero attached hydrogens (tertiary/aromatic N) is 1. The van der Waals surface area contributed by atoms with Gasteiger partial charge in [0, 0.05) is 21.9 Å². The van der Waals surface area contributed by atoms with Crippen molar-refractivity contribution in [2.24, 2.45) is 22.9 Å².